The van der Waals surface area contributed by atoms with Crippen molar-refractivity contribution >= 4 is 18.0 Å². The van der Waals surface area contributed by atoms with Crippen molar-refractivity contribution in [1.82, 2.24) is 9.80 Å². The molecule has 2 atom stereocenters. The first-order valence-electron chi connectivity index (χ1n) is 12.7. The lowest BCUT2D eigenvalue weighted by Gasteiger charge is -2.38. The fourth-order valence-electron chi connectivity index (χ4n) is 5.48. The number of carbonyl (C=O) groups excluding carboxylic acids is 2. The average Bonchev–Trinajstić information content (AvgIpc) is 3.60. The minimum absolute atomic E-state index is 0.0515. The van der Waals surface area contributed by atoms with Crippen LogP contribution in [-0.2, 0) is 27.4 Å². The van der Waals surface area contributed by atoms with Gasteiger partial charge in [0, 0.05) is 19.5 Å². The van der Waals surface area contributed by atoms with E-state index in [2.05, 4.69) is 0 Å². The summed E-state index contributed by atoms with van der Waals surface area (Å²) in [6.07, 6.45) is 1.39. The summed E-state index contributed by atoms with van der Waals surface area (Å²) in [6, 6.07) is 11.9. The molecule has 2 aliphatic heterocycles. The molecule has 2 unspecified atom stereocenters. The van der Waals surface area contributed by atoms with Crippen LogP contribution in [-0.4, -0.2) is 78.9 Å². The van der Waals surface area contributed by atoms with Crippen LogP contribution in [0.3, 0.4) is 0 Å². The molecule has 0 saturated carbocycles. The summed E-state index contributed by atoms with van der Waals surface area (Å²) in [5.74, 6) is -0.249. The van der Waals surface area contributed by atoms with Crippen LogP contribution in [0.2, 0.25) is 0 Å². The summed E-state index contributed by atoms with van der Waals surface area (Å²) in [5.41, 5.74) is 0.00836. The number of likely N-dealkylation sites (tertiary alicyclic amines) is 2. The minimum Gasteiger partial charge on any atom is -0.493 e. The molecule has 2 fully saturated rings. The van der Waals surface area contributed by atoms with Gasteiger partial charge in [0.1, 0.15) is 18.2 Å². The second kappa shape index (κ2) is 11.6. The van der Waals surface area contributed by atoms with Crippen LogP contribution in [0.1, 0.15) is 36.8 Å². The molecule has 38 heavy (non-hydrogen) atoms. The number of benzene rings is 2. The van der Waals surface area contributed by atoms with E-state index < -0.39 is 23.6 Å². The lowest BCUT2D eigenvalue weighted by molar-refractivity contribution is -0.158. The zero-order valence-corrected chi connectivity index (χ0v) is 22.0. The van der Waals surface area contributed by atoms with Gasteiger partial charge in [-0.2, -0.15) is 0 Å². The summed E-state index contributed by atoms with van der Waals surface area (Å²) < 4.78 is 21.7. The predicted molar refractivity (Wildman–Crippen MR) is 137 cm³/mol. The van der Waals surface area contributed by atoms with Crippen LogP contribution in [0.5, 0.6) is 17.2 Å². The number of nitrogens with zero attached hydrogens (tertiary/aromatic N) is 2. The van der Waals surface area contributed by atoms with Gasteiger partial charge in [0.2, 0.25) is 11.7 Å². The molecule has 10 heteroatoms. The highest BCUT2D eigenvalue weighted by Crippen LogP contribution is 2.41. The van der Waals surface area contributed by atoms with E-state index in [9.17, 15) is 19.5 Å². The van der Waals surface area contributed by atoms with Crippen molar-refractivity contribution < 1.29 is 38.4 Å². The van der Waals surface area contributed by atoms with Crippen molar-refractivity contribution in [3.8, 4) is 17.2 Å². The topological polar surface area (TPSA) is 115 Å². The summed E-state index contributed by atoms with van der Waals surface area (Å²) in [4.78, 5) is 42.4. The van der Waals surface area contributed by atoms with E-state index >= 15 is 0 Å². The van der Waals surface area contributed by atoms with Crippen molar-refractivity contribution in [2.45, 2.75) is 50.3 Å². The molecular weight excluding hydrogens is 492 g/mol. The van der Waals surface area contributed by atoms with Crippen molar-refractivity contribution in [3.05, 3.63) is 53.6 Å². The van der Waals surface area contributed by atoms with E-state index in [0.717, 1.165) is 5.56 Å². The summed E-state index contributed by atoms with van der Waals surface area (Å²) in [7, 11) is 4.48. The quantitative estimate of drug-likeness (QED) is 0.528. The van der Waals surface area contributed by atoms with Crippen LogP contribution in [0.4, 0.5) is 4.79 Å². The van der Waals surface area contributed by atoms with Crippen molar-refractivity contribution in [2.75, 3.05) is 34.4 Å². The van der Waals surface area contributed by atoms with Crippen LogP contribution in [0, 0.1) is 0 Å². The maximum absolute atomic E-state index is 13.8. The fourth-order valence-corrected chi connectivity index (χ4v) is 5.48. The monoisotopic (exact) mass is 526 g/mol. The molecule has 2 aliphatic rings. The maximum Gasteiger partial charge on any atom is 0.410 e. The van der Waals surface area contributed by atoms with Gasteiger partial charge in [-0.25, -0.2) is 9.59 Å². The smallest absolute Gasteiger partial charge is 0.410 e. The molecule has 4 rings (SSSR count). The van der Waals surface area contributed by atoms with E-state index in [1.807, 2.05) is 30.3 Å². The first-order valence-corrected chi connectivity index (χ1v) is 12.7. The minimum atomic E-state index is -1.47. The molecule has 10 nitrogen and oxygen atoms in total. The number of carboxylic acids is 1. The van der Waals surface area contributed by atoms with Crippen molar-refractivity contribution in [2.24, 2.45) is 0 Å². The summed E-state index contributed by atoms with van der Waals surface area (Å²) >= 11 is 0. The molecular formula is C28H34N2O8. The second-order valence-corrected chi connectivity index (χ2v) is 9.53. The highest BCUT2D eigenvalue weighted by atomic mass is 16.6. The van der Waals surface area contributed by atoms with E-state index in [1.165, 1.54) is 31.1 Å². The molecule has 204 valence electrons. The van der Waals surface area contributed by atoms with Crippen LogP contribution < -0.4 is 14.2 Å². The van der Waals surface area contributed by atoms with Gasteiger partial charge in [-0.05, 0) is 48.9 Å². The van der Waals surface area contributed by atoms with Crippen LogP contribution >= 0.6 is 0 Å². The molecule has 0 aliphatic carbocycles. The second-order valence-electron chi connectivity index (χ2n) is 9.53. The first kappa shape index (κ1) is 27.1. The summed E-state index contributed by atoms with van der Waals surface area (Å²) in [6.45, 7) is 0.769. The highest BCUT2D eigenvalue weighted by molar-refractivity contribution is 5.92. The van der Waals surface area contributed by atoms with Gasteiger partial charge in [-0.1, -0.05) is 30.3 Å². The van der Waals surface area contributed by atoms with E-state index in [1.54, 1.807) is 12.1 Å². The Morgan fingerprint density at radius 2 is 1.63 bits per heavy atom. The van der Waals surface area contributed by atoms with Gasteiger partial charge in [0.25, 0.3) is 0 Å². The average molecular weight is 527 g/mol. The standard InChI is InChI=1S/C28H34N2O8/c1-35-22-15-20(16-23(36-2)24(22)37-3)17-28(26(32)33)12-8-14-30(28)25(31)21-11-7-13-29(21)27(34)38-18-19-9-5-4-6-10-19/h4-6,9-10,15-16,21H,7-8,11-14,17-18H2,1-3H3,(H,32,33). The Balaban J connectivity index is 1.56. The molecule has 0 bridgehead atoms. The Labute approximate surface area is 222 Å². The number of hydrogen-bond donors (Lipinski definition) is 1. The van der Waals surface area contributed by atoms with E-state index in [4.69, 9.17) is 18.9 Å². The van der Waals surface area contributed by atoms with Crippen LogP contribution in [0.15, 0.2) is 42.5 Å². The van der Waals surface area contributed by atoms with Crippen LogP contribution in [0.25, 0.3) is 0 Å². The Morgan fingerprint density at radius 3 is 2.24 bits per heavy atom. The number of carboxylic acid groups (broad SMARTS) is 1. The van der Waals surface area contributed by atoms with Gasteiger partial charge in [-0.15, -0.1) is 0 Å². The largest absolute Gasteiger partial charge is 0.493 e. The van der Waals surface area contributed by atoms with Gasteiger partial charge < -0.3 is 29.0 Å². The van der Waals surface area contributed by atoms with Gasteiger partial charge in [0.15, 0.2) is 11.5 Å². The van der Waals surface area contributed by atoms with E-state index in [0.29, 0.717) is 55.2 Å². The number of hydrogen-bond acceptors (Lipinski definition) is 7. The fraction of sp³-hybridized carbons (Fsp3) is 0.464. The Bertz CT molecular complexity index is 1150. The molecule has 2 amide bonds. The maximum atomic E-state index is 13.8. The third-order valence-electron chi connectivity index (χ3n) is 7.35. The molecule has 0 radical (unpaired) electrons. The lowest BCUT2D eigenvalue weighted by atomic mass is 9.87. The third kappa shape index (κ3) is 5.20. The number of carbonyl (C=O) groups is 3. The van der Waals surface area contributed by atoms with Crippen molar-refractivity contribution in [1.29, 1.82) is 0 Å². The van der Waals surface area contributed by atoms with Crippen molar-refractivity contribution in [3.63, 3.8) is 0 Å². The number of methoxy groups -OCH3 is 3. The van der Waals surface area contributed by atoms with Gasteiger partial charge in [-0.3, -0.25) is 9.69 Å². The molecule has 2 aromatic rings. The molecule has 2 aromatic carbocycles. The van der Waals surface area contributed by atoms with Gasteiger partial charge >= 0.3 is 12.1 Å². The van der Waals surface area contributed by atoms with Gasteiger partial charge in [0.05, 0.1) is 21.3 Å². The Kier molecular flexibility index (Phi) is 8.29. The molecule has 2 saturated heterocycles. The molecule has 0 aromatic heterocycles. The highest BCUT2D eigenvalue weighted by Gasteiger charge is 2.52. The summed E-state index contributed by atoms with van der Waals surface area (Å²) in [5, 5.41) is 10.4. The number of rotatable bonds is 9. The lowest BCUT2D eigenvalue weighted by Crippen LogP contribution is -2.59. The number of aliphatic carboxylic acids is 1. The molecule has 2 heterocycles. The first-order chi connectivity index (χ1) is 18.3. The number of amides is 2. The Morgan fingerprint density at radius 1 is 0.947 bits per heavy atom. The number of ether oxygens (including phenoxy) is 4. The third-order valence-corrected chi connectivity index (χ3v) is 7.35. The SMILES string of the molecule is COc1cc(CC2(C(=O)O)CCCN2C(=O)C2CCCN2C(=O)OCc2ccccc2)cc(OC)c1OC. The molecule has 0 spiro atoms. The Hall–Kier alpha value is -3.95. The normalized spacial score (nSPS) is 20.8. The molecule has 1 N–H and O–H groups in total. The van der Waals surface area contributed by atoms with E-state index in [-0.39, 0.29) is 25.4 Å². The zero-order chi connectivity index (χ0) is 27.3. The zero-order valence-electron chi connectivity index (χ0n) is 22.0. The predicted octanol–water partition coefficient (Wildman–Crippen LogP) is 3.50.